The van der Waals surface area contributed by atoms with Crippen molar-refractivity contribution < 1.29 is 4.74 Å². The van der Waals surface area contributed by atoms with Crippen LogP contribution in [0.1, 0.15) is 0 Å². The van der Waals surface area contributed by atoms with Gasteiger partial charge in [-0.3, -0.25) is 4.79 Å². The quantitative estimate of drug-likeness (QED) is 0.755. The molecule has 0 bridgehead atoms. The summed E-state index contributed by atoms with van der Waals surface area (Å²) in [5, 5.41) is 13.4. The molecule has 0 spiro atoms. The number of nitrogens with zero attached hydrogens (tertiary/aromatic N) is 3. The average Bonchev–Trinajstić information content (AvgIpc) is 3.01. The lowest BCUT2D eigenvalue weighted by atomic mass is 10.1. The molecule has 1 aromatic carbocycles. The second-order valence-corrected chi connectivity index (χ2v) is 5.05. The number of aromatic nitrogens is 5. The number of methoxy groups -OCH3 is 1. The number of hydrogen-bond acceptors (Lipinski definition) is 5. The molecule has 0 unspecified atom stereocenters. The van der Waals surface area contributed by atoms with Gasteiger partial charge in [0, 0.05) is 5.69 Å². The standard InChI is InChI=1S/C13H10BrN5O2/c1-21-11-5-2-7(6-9(11)14)10-4-3-8(13(20)15-10)12-16-18-19-17-12/h2-6H,1H3,(H,15,20)(H,16,17,18,19). The molecule has 0 radical (unpaired) electrons. The molecule has 21 heavy (non-hydrogen) atoms. The summed E-state index contributed by atoms with van der Waals surface area (Å²) in [5.74, 6) is 0.989. The van der Waals surface area contributed by atoms with Crippen LogP contribution in [-0.2, 0) is 0 Å². The Kier molecular flexibility index (Phi) is 3.53. The van der Waals surface area contributed by atoms with Gasteiger partial charge in [-0.1, -0.05) is 0 Å². The lowest BCUT2D eigenvalue weighted by Crippen LogP contribution is -2.10. The van der Waals surface area contributed by atoms with Crippen molar-refractivity contribution in [2.45, 2.75) is 0 Å². The highest BCUT2D eigenvalue weighted by atomic mass is 79.9. The molecule has 7 nitrogen and oxygen atoms in total. The SMILES string of the molecule is COc1ccc(-c2ccc(-c3nn[nH]n3)c(=O)[nH]2)cc1Br. The first kappa shape index (κ1) is 13.5. The van der Waals surface area contributed by atoms with Gasteiger partial charge in [-0.2, -0.15) is 5.21 Å². The molecule has 106 valence electrons. The van der Waals surface area contributed by atoms with Gasteiger partial charge >= 0.3 is 0 Å². The van der Waals surface area contributed by atoms with E-state index in [0.717, 1.165) is 15.8 Å². The number of rotatable bonds is 3. The van der Waals surface area contributed by atoms with Crippen LogP contribution < -0.4 is 10.3 Å². The van der Waals surface area contributed by atoms with Gasteiger partial charge in [0.2, 0.25) is 5.82 Å². The maximum atomic E-state index is 12.1. The number of tetrazole rings is 1. The van der Waals surface area contributed by atoms with Crippen LogP contribution in [0.2, 0.25) is 0 Å². The van der Waals surface area contributed by atoms with Crippen molar-refractivity contribution in [1.82, 2.24) is 25.6 Å². The highest BCUT2D eigenvalue weighted by Gasteiger charge is 2.10. The molecule has 2 aromatic heterocycles. The Bertz CT molecular complexity index is 829. The third-order valence-electron chi connectivity index (χ3n) is 2.96. The van der Waals surface area contributed by atoms with Crippen LogP contribution in [-0.4, -0.2) is 32.7 Å². The minimum absolute atomic E-state index is 0.263. The van der Waals surface area contributed by atoms with Crippen LogP contribution in [0.5, 0.6) is 5.75 Å². The summed E-state index contributed by atoms with van der Waals surface area (Å²) < 4.78 is 5.99. The van der Waals surface area contributed by atoms with E-state index in [9.17, 15) is 4.79 Å². The fourth-order valence-electron chi connectivity index (χ4n) is 1.93. The van der Waals surface area contributed by atoms with E-state index in [4.69, 9.17) is 4.74 Å². The monoisotopic (exact) mass is 347 g/mol. The lowest BCUT2D eigenvalue weighted by molar-refractivity contribution is 0.412. The number of H-pyrrole nitrogens is 2. The number of aromatic amines is 2. The van der Waals surface area contributed by atoms with E-state index in [1.54, 1.807) is 19.2 Å². The summed E-state index contributed by atoms with van der Waals surface area (Å²) in [6.45, 7) is 0. The molecular formula is C13H10BrN5O2. The predicted molar refractivity (Wildman–Crippen MR) is 79.9 cm³/mol. The largest absolute Gasteiger partial charge is 0.496 e. The Morgan fingerprint density at radius 3 is 2.71 bits per heavy atom. The molecule has 3 rings (SSSR count). The second-order valence-electron chi connectivity index (χ2n) is 4.20. The molecule has 0 saturated heterocycles. The van der Waals surface area contributed by atoms with Gasteiger partial charge in [-0.05, 0) is 57.0 Å². The maximum Gasteiger partial charge on any atom is 0.259 e. The van der Waals surface area contributed by atoms with Crippen molar-refractivity contribution in [3.05, 3.63) is 45.2 Å². The van der Waals surface area contributed by atoms with E-state index in [2.05, 4.69) is 41.5 Å². The van der Waals surface area contributed by atoms with E-state index in [-0.39, 0.29) is 11.4 Å². The second kappa shape index (κ2) is 5.49. The van der Waals surface area contributed by atoms with E-state index in [1.807, 2.05) is 18.2 Å². The molecule has 2 N–H and O–H groups in total. The van der Waals surface area contributed by atoms with Crippen LogP contribution in [0.4, 0.5) is 0 Å². The van der Waals surface area contributed by atoms with Gasteiger partial charge in [-0.15, -0.1) is 10.2 Å². The summed E-state index contributed by atoms with van der Waals surface area (Å²) in [6.07, 6.45) is 0. The smallest absolute Gasteiger partial charge is 0.259 e. The van der Waals surface area contributed by atoms with Crippen LogP contribution in [0.3, 0.4) is 0 Å². The van der Waals surface area contributed by atoms with Gasteiger partial charge in [0.1, 0.15) is 5.75 Å². The average molecular weight is 348 g/mol. The summed E-state index contributed by atoms with van der Waals surface area (Å²) >= 11 is 3.42. The third kappa shape index (κ3) is 2.57. The van der Waals surface area contributed by atoms with Crippen LogP contribution in [0.15, 0.2) is 39.6 Å². The van der Waals surface area contributed by atoms with E-state index in [1.165, 1.54) is 0 Å². The zero-order valence-corrected chi connectivity index (χ0v) is 12.5. The molecule has 0 saturated carbocycles. The first-order valence-corrected chi connectivity index (χ1v) is 6.79. The Morgan fingerprint density at radius 1 is 1.24 bits per heavy atom. The molecular weight excluding hydrogens is 338 g/mol. The van der Waals surface area contributed by atoms with E-state index < -0.39 is 0 Å². The zero-order chi connectivity index (χ0) is 14.8. The van der Waals surface area contributed by atoms with Gasteiger partial charge in [0.05, 0.1) is 17.1 Å². The first-order valence-electron chi connectivity index (χ1n) is 6.00. The number of halogens is 1. The molecule has 0 atom stereocenters. The van der Waals surface area contributed by atoms with Gasteiger partial charge in [0.15, 0.2) is 0 Å². The molecule has 0 fully saturated rings. The van der Waals surface area contributed by atoms with Crippen LogP contribution in [0, 0.1) is 0 Å². The first-order chi connectivity index (χ1) is 10.2. The molecule has 0 aliphatic rings. The van der Waals surface area contributed by atoms with Crippen molar-refractivity contribution >= 4 is 15.9 Å². The Labute approximate surface area is 127 Å². The van der Waals surface area contributed by atoms with Crippen LogP contribution >= 0.6 is 15.9 Å². The Hall–Kier alpha value is -2.48. The molecule has 8 heteroatoms. The molecule has 0 amide bonds. The van der Waals surface area contributed by atoms with E-state index >= 15 is 0 Å². The topological polar surface area (TPSA) is 96.6 Å². The summed E-state index contributed by atoms with van der Waals surface area (Å²) in [5.41, 5.74) is 1.64. The lowest BCUT2D eigenvalue weighted by Gasteiger charge is -2.06. The number of nitrogens with one attached hydrogen (secondary N) is 2. The van der Waals surface area contributed by atoms with E-state index in [0.29, 0.717) is 11.3 Å². The number of pyridine rings is 1. The minimum Gasteiger partial charge on any atom is -0.496 e. The third-order valence-corrected chi connectivity index (χ3v) is 3.58. The van der Waals surface area contributed by atoms with Crippen molar-refractivity contribution in [2.75, 3.05) is 7.11 Å². The summed E-state index contributed by atoms with van der Waals surface area (Å²) in [7, 11) is 1.60. The van der Waals surface area contributed by atoms with Crippen molar-refractivity contribution in [2.24, 2.45) is 0 Å². The molecule has 0 aliphatic heterocycles. The number of benzene rings is 1. The van der Waals surface area contributed by atoms with Gasteiger partial charge < -0.3 is 9.72 Å². The van der Waals surface area contributed by atoms with Crippen molar-refractivity contribution in [3.8, 4) is 28.4 Å². The highest BCUT2D eigenvalue weighted by Crippen LogP contribution is 2.29. The fraction of sp³-hybridized carbons (Fsp3) is 0.0769. The normalized spacial score (nSPS) is 10.6. The Morgan fingerprint density at radius 2 is 2.10 bits per heavy atom. The zero-order valence-electron chi connectivity index (χ0n) is 10.9. The Balaban J connectivity index is 2.03. The van der Waals surface area contributed by atoms with Crippen molar-refractivity contribution in [1.29, 1.82) is 0 Å². The van der Waals surface area contributed by atoms with Gasteiger partial charge in [-0.25, -0.2) is 0 Å². The molecule has 0 aliphatic carbocycles. The maximum absolute atomic E-state index is 12.1. The highest BCUT2D eigenvalue weighted by molar-refractivity contribution is 9.10. The molecule has 2 heterocycles. The van der Waals surface area contributed by atoms with Crippen molar-refractivity contribution in [3.63, 3.8) is 0 Å². The minimum atomic E-state index is -0.277. The summed E-state index contributed by atoms with van der Waals surface area (Å²) in [4.78, 5) is 14.9. The number of ether oxygens (including phenoxy) is 1. The summed E-state index contributed by atoms with van der Waals surface area (Å²) in [6, 6.07) is 9.02. The predicted octanol–water partition coefficient (Wildman–Crippen LogP) is 1.99. The molecule has 3 aromatic rings. The fourth-order valence-corrected chi connectivity index (χ4v) is 2.47. The number of hydrogen-bond donors (Lipinski definition) is 2. The van der Waals surface area contributed by atoms with Crippen LogP contribution in [0.25, 0.3) is 22.6 Å². The van der Waals surface area contributed by atoms with Gasteiger partial charge in [0.25, 0.3) is 5.56 Å².